The highest BCUT2D eigenvalue weighted by atomic mass is 32.2. The second kappa shape index (κ2) is 9.96. The zero-order valence-electron chi connectivity index (χ0n) is 19.7. The molecule has 1 saturated heterocycles. The van der Waals surface area contributed by atoms with Crippen LogP contribution in [-0.4, -0.2) is 75.9 Å². The lowest BCUT2D eigenvalue weighted by atomic mass is 10.2. The van der Waals surface area contributed by atoms with Gasteiger partial charge in [0, 0.05) is 32.3 Å². The molecule has 1 atom stereocenters. The minimum atomic E-state index is -3.80. The second-order valence-electron chi connectivity index (χ2n) is 8.08. The Balaban J connectivity index is 1.39. The highest BCUT2D eigenvalue weighted by Crippen LogP contribution is 2.33. The third-order valence-corrected chi connectivity index (χ3v) is 7.79. The zero-order chi connectivity index (χ0) is 25.2. The molecule has 0 saturated carbocycles. The first-order valence-electron chi connectivity index (χ1n) is 11.0. The zero-order valence-corrected chi connectivity index (χ0v) is 20.5. The van der Waals surface area contributed by atoms with Gasteiger partial charge < -0.3 is 24.4 Å². The largest absolute Gasteiger partial charge is 0.493 e. The molecule has 0 bridgehead atoms. The van der Waals surface area contributed by atoms with Crippen molar-refractivity contribution < 1.29 is 32.2 Å². The van der Waals surface area contributed by atoms with Crippen molar-refractivity contribution >= 4 is 33.6 Å². The van der Waals surface area contributed by atoms with Crippen molar-refractivity contribution in [3.05, 3.63) is 48.0 Å². The van der Waals surface area contributed by atoms with E-state index in [0.29, 0.717) is 22.9 Å². The van der Waals surface area contributed by atoms with E-state index in [1.165, 1.54) is 28.6 Å². The van der Waals surface area contributed by atoms with E-state index in [2.05, 4.69) is 5.32 Å². The number of fused-ring (bicyclic) bond motifs is 1. The van der Waals surface area contributed by atoms with Gasteiger partial charge in [0.1, 0.15) is 5.75 Å². The van der Waals surface area contributed by atoms with Gasteiger partial charge in [-0.1, -0.05) is 6.07 Å². The van der Waals surface area contributed by atoms with Gasteiger partial charge in [0.25, 0.3) is 5.91 Å². The highest BCUT2D eigenvalue weighted by Gasteiger charge is 2.31. The predicted octanol–water partition coefficient (Wildman–Crippen LogP) is 1.97. The summed E-state index contributed by atoms with van der Waals surface area (Å²) in [6, 6.07) is 9.73. The normalized spacial score (nSPS) is 18.5. The Morgan fingerprint density at radius 1 is 1.06 bits per heavy atom. The van der Waals surface area contributed by atoms with Crippen LogP contribution in [0.25, 0.3) is 6.08 Å². The van der Waals surface area contributed by atoms with Crippen molar-refractivity contribution in [1.82, 2.24) is 9.21 Å². The summed E-state index contributed by atoms with van der Waals surface area (Å²) in [6.45, 7) is 2.46. The van der Waals surface area contributed by atoms with Crippen molar-refractivity contribution in [1.29, 1.82) is 0 Å². The summed E-state index contributed by atoms with van der Waals surface area (Å²) < 4.78 is 43.6. The Labute approximate surface area is 204 Å². The number of benzene rings is 2. The molecular formula is C24H27N3O7S. The number of nitrogens with zero attached hydrogens (tertiary/aromatic N) is 2. The van der Waals surface area contributed by atoms with Crippen LogP contribution in [0.5, 0.6) is 17.2 Å². The molecule has 2 aliphatic rings. The number of carbonyl (C=O) groups is 2. The summed E-state index contributed by atoms with van der Waals surface area (Å²) in [7, 11) is -0.710. The van der Waals surface area contributed by atoms with Crippen LogP contribution >= 0.6 is 0 Å². The quantitative estimate of drug-likeness (QED) is 0.602. The average molecular weight is 502 g/mol. The van der Waals surface area contributed by atoms with Crippen LogP contribution in [0.4, 0.5) is 5.69 Å². The van der Waals surface area contributed by atoms with Gasteiger partial charge in [0.05, 0.1) is 24.8 Å². The average Bonchev–Trinajstić information content (AvgIpc) is 2.87. The van der Waals surface area contributed by atoms with E-state index in [1.807, 2.05) is 6.07 Å². The number of sulfonamides is 1. The number of amides is 2. The van der Waals surface area contributed by atoms with Crippen LogP contribution in [0, 0.1) is 0 Å². The maximum absolute atomic E-state index is 13.2. The SMILES string of the molecule is COc1ccc(/C=C/C(=O)N2CCN(S(=O)(=O)c3ccc4c(c3)NC(=O)[C@@H](C)O4)CC2)cc1OC. The lowest BCUT2D eigenvalue weighted by molar-refractivity contribution is -0.127. The first-order valence-corrected chi connectivity index (χ1v) is 12.5. The van der Waals surface area contributed by atoms with Gasteiger partial charge in [-0.15, -0.1) is 0 Å². The molecule has 2 amide bonds. The van der Waals surface area contributed by atoms with E-state index >= 15 is 0 Å². The molecule has 11 heteroatoms. The minimum Gasteiger partial charge on any atom is -0.493 e. The Bertz CT molecular complexity index is 1270. The monoisotopic (exact) mass is 501 g/mol. The molecule has 1 N–H and O–H groups in total. The number of methoxy groups -OCH3 is 2. The second-order valence-corrected chi connectivity index (χ2v) is 10.0. The van der Waals surface area contributed by atoms with E-state index in [9.17, 15) is 18.0 Å². The minimum absolute atomic E-state index is 0.0582. The molecule has 35 heavy (non-hydrogen) atoms. The fourth-order valence-electron chi connectivity index (χ4n) is 3.88. The first kappa shape index (κ1) is 24.6. The molecule has 1 fully saturated rings. The van der Waals surface area contributed by atoms with Crippen molar-refractivity contribution in [3.63, 3.8) is 0 Å². The first-order chi connectivity index (χ1) is 16.7. The number of nitrogens with one attached hydrogen (secondary N) is 1. The van der Waals surface area contributed by atoms with Gasteiger partial charge in [0.2, 0.25) is 15.9 Å². The smallest absolute Gasteiger partial charge is 0.265 e. The standard InChI is InChI=1S/C24H27N3O7S/c1-16-24(29)25-19-15-18(6-8-20(19)34-16)35(30,31)27-12-10-26(11-13-27)23(28)9-5-17-4-7-21(32-2)22(14-17)33-3/h4-9,14-16H,10-13H2,1-3H3,(H,25,29)/b9-5+/t16-/m1/s1. The van der Waals surface area contributed by atoms with Crippen molar-refractivity contribution in [2.24, 2.45) is 0 Å². The molecule has 4 rings (SSSR count). The lowest BCUT2D eigenvalue weighted by Gasteiger charge is -2.33. The molecule has 0 radical (unpaired) electrons. The van der Waals surface area contributed by atoms with Crippen LogP contribution in [0.3, 0.4) is 0 Å². The van der Waals surface area contributed by atoms with Crippen molar-refractivity contribution in [2.45, 2.75) is 17.9 Å². The summed E-state index contributed by atoms with van der Waals surface area (Å²) >= 11 is 0. The molecule has 2 aromatic carbocycles. The van der Waals surface area contributed by atoms with Gasteiger partial charge in [-0.25, -0.2) is 8.42 Å². The molecule has 10 nitrogen and oxygen atoms in total. The highest BCUT2D eigenvalue weighted by molar-refractivity contribution is 7.89. The number of anilines is 1. The Hall–Kier alpha value is -3.57. The molecule has 2 heterocycles. The molecule has 0 spiro atoms. The fourth-order valence-corrected chi connectivity index (χ4v) is 5.32. The molecule has 2 aromatic rings. The van der Waals surface area contributed by atoms with Crippen LogP contribution in [0.1, 0.15) is 12.5 Å². The van der Waals surface area contributed by atoms with Gasteiger partial charge in [-0.2, -0.15) is 4.31 Å². The van der Waals surface area contributed by atoms with E-state index < -0.39 is 16.1 Å². The molecule has 2 aliphatic heterocycles. The number of ether oxygens (including phenoxy) is 3. The maximum atomic E-state index is 13.2. The summed E-state index contributed by atoms with van der Waals surface area (Å²) in [5, 5.41) is 2.67. The van der Waals surface area contributed by atoms with Gasteiger partial charge in [0.15, 0.2) is 17.6 Å². The summed E-state index contributed by atoms with van der Waals surface area (Å²) in [4.78, 5) is 26.2. The van der Waals surface area contributed by atoms with Crippen LogP contribution in [-0.2, 0) is 19.6 Å². The molecule has 0 unspecified atom stereocenters. The van der Waals surface area contributed by atoms with Crippen molar-refractivity contribution in [2.75, 3.05) is 45.7 Å². The van der Waals surface area contributed by atoms with E-state index in [0.717, 1.165) is 5.56 Å². The Kier molecular flexibility index (Phi) is 6.99. The number of hydrogen-bond donors (Lipinski definition) is 1. The van der Waals surface area contributed by atoms with Gasteiger partial charge in [-0.05, 0) is 48.9 Å². The van der Waals surface area contributed by atoms with Gasteiger partial charge >= 0.3 is 0 Å². The van der Waals surface area contributed by atoms with Crippen LogP contribution in [0.2, 0.25) is 0 Å². The predicted molar refractivity (Wildman–Crippen MR) is 129 cm³/mol. The molecule has 0 aromatic heterocycles. The summed E-state index contributed by atoms with van der Waals surface area (Å²) in [5.74, 6) is 1.04. The van der Waals surface area contributed by atoms with E-state index in [1.54, 1.807) is 44.3 Å². The van der Waals surface area contributed by atoms with E-state index in [-0.39, 0.29) is 42.9 Å². The summed E-state index contributed by atoms with van der Waals surface area (Å²) in [5.41, 5.74) is 1.10. The molecular weight excluding hydrogens is 474 g/mol. The lowest BCUT2D eigenvalue weighted by Crippen LogP contribution is -2.50. The van der Waals surface area contributed by atoms with Crippen LogP contribution < -0.4 is 19.5 Å². The maximum Gasteiger partial charge on any atom is 0.265 e. The Morgan fingerprint density at radius 2 is 1.77 bits per heavy atom. The number of rotatable bonds is 6. The van der Waals surface area contributed by atoms with E-state index in [4.69, 9.17) is 14.2 Å². The number of piperazine rings is 1. The fraction of sp³-hybridized carbons (Fsp3) is 0.333. The number of carbonyl (C=O) groups excluding carboxylic acids is 2. The topological polar surface area (TPSA) is 114 Å². The van der Waals surface area contributed by atoms with Crippen LogP contribution in [0.15, 0.2) is 47.4 Å². The third-order valence-electron chi connectivity index (χ3n) is 5.90. The molecule has 0 aliphatic carbocycles. The van der Waals surface area contributed by atoms with Crippen molar-refractivity contribution in [3.8, 4) is 17.2 Å². The summed E-state index contributed by atoms with van der Waals surface area (Å²) in [6.07, 6.45) is 2.49. The molecule has 186 valence electrons. The Morgan fingerprint density at radius 3 is 2.46 bits per heavy atom. The van der Waals surface area contributed by atoms with Gasteiger partial charge in [-0.3, -0.25) is 9.59 Å². The third kappa shape index (κ3) is 5.10. The number of hydrogen-bond acceptors (Lipinski definition) is 7.